The highest BCUT2D eigenvalue weighted by atomic mass is 16.5. The number of hydrogen-bond donors (Lipinski definition) is 2. The topological polar surface area (TPSA) is 53.6 Å². The molecule has 0 saturated carbocycles. The first-order chi connectivity index (χ1) is 8.78. The number of hydrogen-bond acceptors (Lipinski definition) is 4. The van der Waals surface area contributed by atoms with Crippen molar-refractivity contribution >= 4 is 5.91 Å². The smallest absolute Gasteiger partial charge is 0.220 e. The zero-order valence-corrected chi connectivity index (χ0v) is 11.3. The predicted octanol–water partition coefficient (Wildman–Crippen LogP) is -0.0346. The molecular weight excluding hydrogens is 230 g/mol. The summed E-state index contributed by atoms with van der Waals surface area (Å²) < 4.78 is 5.17. The Labute approximate surface area is 109 Å². The van der Waals surface area contributed by atoms with Crippen LogP contribution in [0.2, 0.25) is 0 Å². The van der Waals surface area contributed by atoms with Gasteiger partial charge < -0.3 is 15.4 Å². The number of amides is 1. The SMILES string of the molecule is COCCN(CC1CCCN1)CC1CCC(=O)N1. The minimum absolute atomic E-state index is 0.200. The fourth-order valence-corrected chi connectivity index (χ4v) is 2.83. The minimum Gasteiger partial charge on any atom is -0.383 e. The molecular formula is C13H25N3O2. The van der Waals surface area contributed by atoms with Gasteiger partial charge in [-0.1, -0.05) is 0 Å². The maximum Gasteiger partial charge on any atom is 0.220 e. The summed E-state index contributed by atoms with van der Waals surface area (Å²) in [7, 11) is 1.74. The molecule has 2 fully saturated rings. The highest BCUT2D eigenvalue weighted by molar-refractivity contribution is 5.78. The Morgan fingerprint density at radius 1 is 1.33 bits per heavy atom. The minimum atomic E-state index is 0.200. The molecule has 0 bridgehead atoms. The normalized spacial score (nSPS) is 28.0. The highest BCUT2D eigenvalue weighted by Crippen LogP contribution is 2.11. The summed E-state index contributed by atoms with van der Waals surface area (Å²) in [6, 6.07) is 0.940. The molecule has 2 rings (SSSR count). The van der Waals surface area contributed by atoms with Gasteiger partial charge in [-0.05, 0) is 25.8 Å². The van der Waals surface area contributed by atoms with Crippen LogP contribution in [0.15, 0.2) is 0 Å². The zero-order chi connectivity index (χ0) is 12.8. The lowest BCUT2D eigenvalue weighted by atomic mass is 10.1. The average molecular weight is 255 g/mol. The molecule has 104 valence electrons. The second-order valence-corrected chi connectivity index (χ2v) is 5.35. The molecule has 0 aromatic rings. The number of nitrogens with zero attached hydrogens (tertiary/aromatic N) is 1. The lowest BCUT2D eigenvalue weighted by Crippen LogP contribution is -2.45. The quantitative estimate of drug-likeness (QED) is 0.670. The predicted molar refractivity (Wildman–Crippen MR) is 70.5 cm³/mol. The van der Waals surface area contributed by atoms with E-state index < -0.39 is 0 Å². The number of ether oxygens (including phenoxy) is 1. The van der Waals surface area contributed by atoms with E-state index in [1.165, 1.54) is 12.8 Å². The molecule has 0 aromatic carbocycles. The number of carbonyl (C=O) groups excluding carboxylic acids is 1. The summed E-state index contributed by atoms with van der Waals surface area (Å²) in [6.07, 6.45) is 4.20. The van der Waals surface area contributed by atoms with Gasteiger partial charge in [-0.15, -0.1) is 0 Å². The van der Waals surface area contributed by atoms with Crippen LogP contribution in [0, 0.1) is 0 Å². The molecule has 2 saturated heterocycles. The fraction of sp³-hybridized carbons (Fsp3) is 0.923. The van der Waals surface area contributed by atoms with Gasteiger partial charge in [-0.25, -0.2) is 0 Å². The van der Waals surface area contributed by atoms with E-state index in [1.54, 1.807) is 7.11 Å². The van der Waals surface area contributed by atoms with Crippen LogP contribution in [0.1, 0.15) is 25.7 Å². The molecule has 1 amide bonds. The summed E-state index contributed by atoms with van der Waals surface area (Å²) in [4.78, 5) is 13.6. The third kappa shape index (κ3) is 4.23. The second kappa shape index (κ2) is 7.07. The Morgan fingerprint density at radius 3 is 2.78 bits per heavy atom. The molecule has 2 aliphatic heterocycles. The van der Waals surface area contributed by atoms with E-state index in [0.717, 1.165) is 39.2 Å². The molecule has 2 N–H and O–H groups in total. The first-order valence-electron chi connectivity index (χ1n) is 7.02. The van der Waals surface area contributed by atoms with Crippen LogP contribution < -0.4 is 10.6 Å². The standard InChI is InChI=1S/C13H25N3O2/c1-18-8-7-16(9-11-3-2-6-14-11)10-12-4-5-13(17)15-12/h11-12,14H,2-10H2,1H3,(H,15,17). The Bertz CT molecular complexity index is 267. The lowest BCUT2D eigenvalue weighted by molar-refractivity contribution is -0.119. The van der Waals surface area contributed by atoms with Crippen LogP contribution >= 0.6 is 0 Å². The highest BCUT2D eigenvalue weighted by Gasteiger charge is 2.25. The van der Waals surface area contributed by atoms with Crippen LogP contribution in [0.25, 0.3) is 0 Å². The third-order valence-electron chi connectivity index (χ3n) is 3.82. The van der Waals surface area contributed by atoms with Crippen molar-refractivity contribution in [1.82, 2.24) is 15.5 Å². The molecule has 2 heterocycles. The Kier molecular flexibility index (Phi) is 5.41. The maximum absolute atomic E-state index is 11.2. The van der Waals surface area contributed by atoms with E-state index in [4.69, 9.17) is 4.74 Å². The van der Waals surface area contributed by atoms with Crippen LogP contribution in [0.5, 0.6) is 0 Å². The fourth-order valence-electron chi connectivity index (χ4n) is 2.83. The molecule has 0 radical (unpaired) electrons. The first kappa shape index (κ1) is 13.8. The lowest BCUT2D eigenvalue weighted by Gasteiger charge is -2.27. The van der Waals surface area contributed by atoms with Crippen molar-refractivity contribution in [3.8, 4) is 0 Å². The zero-order valence-electron chi connectivity index (χ0n) is 11.3. The van der Waals surface area contributed by atoms with E-state index in [2.05, 4.69) is 15.5 Å². The Hall–Kier alpha value is -0.650. The third-order valence-corrected chi connectivity index (χ3v) is 3.82. The van der Waals surface area contributed by atoms with Gasteiger partial charge in [-0.3, -0.25) is 9.69 Å². The average Bonchev–Trinajstić information content (AvgIpc) is 2.98. The number of carbonyl (C=O) groups is 1. The van der Waals surface area contributed by atoms with Crippen molar-refractivity contribution in [3.05, 3.63) is 0 Å². The van der Waals surface area contributed by atoms with Crippen LogP contribution in [-0.4, -0.2) is 62.8 Å². The van der Waals surface area contributed by atoms with E-state index in [1.807, 2.05) is 0 Å². The summed E-state index contributed by atoms with van der Waals surface area (Å²) in [6.45, 7) is 4.86. The second-order valence-electron chi connectivity index (χ2n) is 5.35. The van der Waals surface area contributed by atoms with Gasteiger partial charge in [0.2, 0.25) is 5.91 Å². The largest absolute Gasteiger partial charge is 0.383 e. The number of nitrogens with one attached hydrogen (secondary N) is 2. The molecule has 2 aliphatic rings. The van der Waals surface area contributed by atoms with Crippen LogP contribution in [-0.2, 0) is 9.53 Å². The van der Waals surface area contributed by atoms with Gasteiger partial charge >= 0.3 is 0 Å². The van der Waals surface area contributed by atoms with Crippen molar-refractivity contribution in [1.29, 1.82) is 0 Å². The van der Waals surface area contributed by atoms with Crippen molar-refractivity contribution in [3.63, 3.8) is 0 Å². The van der Waals surface area contributed by atoms with Gasteiger partial charge in [0.05, 0.1) is 6.61 Å². The van der Waals surface area contributed by atoms with E-state index in [-0.39, 0.29) is 5.91 Å². The maximum atomic E-state index is 11.2. The van der Waals surface area contributed by atoms with Gasteiger partial charge in [0, 0.05) is 45.2 Å². The Balaban J connectivity index is 1.77. The monoisotopic (exact) mass is 255 g/mol. The number of rotatable bonds is 7. The Morgan fingerprint density at radius 2 is 2.17 bits per heavy atom. The van der Waals surface area contributed by atoms with Gasteiger partial charge in [0.25, 0.3) is 0 Å². The molecule has 5 heteroatoms. The van der Waals surface area contributed by atoms with E-state index in [0.29, 0.717) is 18.5 Å². The van der Waals surface area contributed by atoms with Crippen molar-refractivity contribution in [2.75, 3.05) is 39.9 Å². The molecule has 0 aromatic heterocycles. The molecule has 0 spiro atoms. The van der Waals surface area contributed by atoms with Crippen LogP contribution in [0.4, 0.5) is 0 Å². The van der Waals surface area contributed by atoms with Gasteiger partial charge in [0.1, 0.15) is 0 Å². The molecule has 0 aliphatic carbocycles. The van der Waals surface area contributed by atoms with Gasteiger partial charge in [-0.2, -0.15) is 0 Å². The van der Waals surface area contributed by atoms with Crippen LogP contribution in [0.3, 0.4) is 0 Å². The molecule has 2 unspecified atom stereocenters. The number of methoxy groups -OCH3 is 1. The van der Waals surface area contributed by atoms with Crippen molar-refractivity contribution < 1.29 is 9.53 Å². The molecule has 5 nitrogen and oxygen atoms in total. The van der Waals surface area contributed by atoms with E-state index in [9.17, 15) is 4.79 Å². The van der Waals surface area contributed by atoms with E-state index >= 15 is 0 Å². The van der Waals surface area contributed by atoms with Gasteiger partial charge in [0.15, 0.2) is 0 Å². The summed E-state index contributed by atoms with van der Waals surface area (Å²) in [5.74, 6) is 0.200. The summed E-state index contributed by atoms with van der Waals surface area (Å²) in [5, 5.41) is 6.57. The molecule has 18 heavy (non-hydrogen) atoms. The van der Waals surface area contributed by atoms with Crippen molar-refractivity contribution in [2.45, 2.75) is 37.8 Å². The molecule has 2 atom stereocenters. The summed E-state index contributed by atoms with van der Waals surface area (Å²) >= 11 is 0. The van der Waals surface area contributed by atoms with Crippen molar-refractivity contribution in [2.24, 2.45) is 0 Å². The first-order valence-corrected chi connectivity index (χ1v) is 7.02. The summed E-state index contributed by atoms with van der Waals surface area (Å²) in [5.41, 5.74) is 0.